The molecule has 0 amide bonds. The molecule has 2 saturated heterocycles. The van der Waals surface area contributed by atoms with Crippen LogP contribution in [0.4, 0.5) is 0 Å². The summed E-state index contributed by atoms with van der Waals surface area (Å²) in [5, 5.41) is 0.844. The molecule has 126 valence electrons. The molecule has 0 aromatic heterocycles. The zero-order valence-electron chi connectivity index (χ0n) is 14.4. The fourth-order valence-electron chi connectivity index (χ4n) is 4.92. The number of benzene rings is 2. The summed E-state index contributed by atoms with van der Waals surface area (Å²) in [6.45, 7) is 0. The van der Waals surface area contributed by atoms with Crippen molar-refractivity contribution in [3.05, 3.63) is 70.7 Å². The first-order chi connectivity index (χ1) is 11.7. The van der Waals surface area contributed by atoms with Crippen LogP contribution in [0.1, 0.15) is 49.1 Å². The van der Waals surface area contributed by atoms with E-state index in [0.29, 0.717) is 5.92 Å². The summed E-state index contributed by atoms with van der Waals surface area (Å²) in [7, 11) is 2.32. The minimum Gasteiger partial charge on any atom is -0.300 e. The molecule has 4 rings (SSSR count). The van der Waals surface area contributed by atoms with Gasteiger partial charge in [0.1, 0.15) is 0 Å². The van der Waals surface area contributed by atoms with Gasteiger partial charge in [-0.1, -0.05) is 54.1 Å². The molecule has 24 heavy (non-hydrogen) atoms. The molecule has 0 radical (unpaired) electrons. The number of hydrogen-bond donors (Lipinski definition) is 0. The lowest BCUT2D eigenvalue weighted by atomic mass is 9.78. The van der Waals surface area contributed by atoms with E-state index in [9.17, 15) is 0 Å². The van der Waals surface area contributed by atoms with Gasteiger partial charge in [-0.15, -0.1) is 0 Å². The van der Waals surface area contributed by atoms with Gasteiger partial charge in [0.05, 0.1) is 0 Å². The van der Waals surface area contributed by atoms with E-state index in [-0.39, 0.29) is 0 Å². The first kappa shape index (κ1) is 16.2. The lowest BCUT2D eigenvalue weighted by molar-refractivity contribution is 0.127. The molecule has 2 bridgehead atoms. The molecule has 2 aromatic carbocycles. The summed E-state index contributed by atoms with van der Waals surface area (Å²) >= 11 is 6.29. The smallest absolute Gasteiger partial charge is 0.0408 e. The third-order valence-corrected chi connectivity index (χ3v) is 6.45. The van der Waals surface area contributed by atoms with Crippen molar-refractivity contribution in [2.24, 2.45) is 5.92 Å². The van der Waals surface area contributed by atoms with Gasteiger partial charge in [-0.3, -0.25) is 0 Å². The van der Waals surface area contributed by atoms with Gasteiger partial charge >= 0.3 is 0 Å². The molecule has 2 aliphatic rings. The van der Waals surface area contributed by atoms with E-state index in [0.717, 1.165) is 23.0 Å². The minimum atomic E-state index is 0.456. The van der Waals surface area contributed by atoms with Crippen LogP contribution in [0.5, 0.6) is 0 Å². The van der Waals surface area contributed by atoms with E-state index < -0.39 is 0 Å². The normalized spacial score (nSPS) is 28.0. The Bertz CT molecular complexity index is 669. The van der Waals surface area contributed by atoms with E-state index >= 15 is 0 Å². The topological polar surface area (TPSA) is 3.24 Å². The third-order valence-electron chi connectivity index (χ3n) is 6.22. The standard InChI is InChI=1S/C22H26ClN/c1-24-20-10-11-21(24)13-16(12-20)14-22(17-6-3-2-4-7-17)18-8-5-9-19(23)15-18/h2-9,15-16,20-22H,10-14H2,1H3. The Labute approximate surface area is 150 Å². The lowest BCUT2D eigenvalue weighted by Crippen LogP contribution is -2.40. The van der Waals surface area contributed by atoms with Crippen molar-refractivity contribution in [3.63, 3.8) is 0 Å². The van der Waals surface area contributed by atoms with E-state index in [2.05, 4.69) is 60.5 Å². The summed E-state index contributed by atoms with van der Waals surface area (Å²) in [5.41, 5.74) is 2.78. The summed E-state index contributed by atoms with van der Waals surface area (Å²) in [6.07, 6.45) is 6.74. The van der Waals surface area contributed by atoms with E-state index in [1.807, 2.05) is 6.07 Å². The molecule has 2 aromatic rings. The number of piperidine rings is 1. The Hall–Kier alpha value is -1.31. The van der Waals surface area contributed by atoms with Gasteiger partial charge in [0.15, 0.2) is 0 Å². The third kappa shape index (κ3) is 3.25. The average molecular weight is 340 g/mol. The van der Waals surface area contributed by atoms with Gasteiger partial charge in [0.2, 0.25) is 0 Å². The monoisotopic (exact) mass is 339 g/mol. The Balaban J connectivity index is 1.59. The molecular weight excluding hydrogens is 314 g/mol. The molecule has 0 N–H and O–H groups in total. The predicted octanol–water partition coefficient (Wildman–Crippen LogP) is 5.73. The molecule has 2 heterocycles. The second kappa shape index (κ2) is 6.90. The summed E-state index contributed by atoms with van der Waals surface area (Å²) in [5.74, 6) is 1.28. The Morgan fingerprint density at radius 2 is 1.62 bits per heavy atom. The number of nitrogens with zero attached hydrogens (tertiary/aromatic N) is 1. The van der Waals surface area contributed by atoms with Crippen molar-refractivity contribution in [3.8, 4) is 0 Å². The van der Waals surface area contributed by atoms with Crippen LogP contribution in [-0.2, 0) is 0 Å². The molecule has 3 unspecified atom stereocenters. The van der Waals surface area contributed by atoms with E-state index in [4.69, 9.17) is 11.6 Å². The summed E-state index contributed by atoms with van der Waals surface area (Å²) in [6, 6.07) is 21.0. The zero-order valence-corrected chi connectivity index (χ0v) is 15.1. The molecule has 0 spiro atoms. The highest BCUT2D eigenvalue weighted by atomic mass is 35.5. The average Bonchev–Trinajstić information content (AvgIpc) is 2.82. The van der Waals surface area contributed by atoms with E-state index in [1.165, 1.54) is 43.2 Å². The maximum atomic E-state index is 6.29. The fraction of sp³-hybridized carbons (Fsp3) is 0.455. The number of fused-ring (bicyclic) bond motifs is 2. The molecule has 2 heteroatoms. The van der Waals surface area contributed by atoms with Gasteiger partial charge in [-0.05, 0) is 68.3 Å². The van der Waals surface area contributed by atoms with Crippen LogP contribution in [0, 0.1) is 5.92 Å². The highest BCUT2D eigenvalue weighted by Crippen LogP contribution is 2.42. The maximum absolute atomic E-state index is 6.29. The van der Waals surface area contributed by atoms with Gasteiger partial charge in [-0.25, -0.2) is 0 Å². The van der Waals surface area contributed by atoms with E-state index in [1.54, 1.807) is 0 Å². The molecule has 2 aliphatic heterocycles. The molecular formula is C22H26ClN. The van der Waals surface area contributed by atoms with Crippen molar-refractivity contribution in [1.82, 2.24) is 4.90 Å². The zero-order chi connectivity index (χ0) is 16.5. The van der Waals surface area contributed by atoms with Crippen LogP contribution < -0.4 is 0 Å². The van der Waals surface area contributed by atoms with Crippen LogP contribution in [-0.4, -0.2) is 24.0 Å². The maximum Gasteiger partial charge on any atom is 0.0408 e. The van der Waals surface area contributed by atoms with Crippen LogP contribution in [0.3, 0.4) is 0 Å². The SMILES string of the molecule is CN1C2CCC1CC(CC(c1ccccc1)c1cccc(Cl)c1)C2. The summed E-state index contributed by atoms with van der Waals surface area (Å²) in [4.78, 5) is 2.63. The van der Waals surface area contributed by atoms with Crippen LogP contribution >= 0.6 is 11.6 Å². The number of hydrogen-bond acceptors (Lipinski definition) is 1. The quantitative estimate of drug-likeness (QED) is 0.687. The van der Waals surface area contributed by atoms with Gasteiger partial charge in [0, 0.05) is 23.0 Å². The van der Waals surface area contributed by atoms with Crippen LogP contribution in [0.15, 0.2) is 54.6 Å². The Morgan fingerprint density at radius 3 is 2.29 bits per heavy atom. The Kier molecular flexibility index (Phi) is 4.65. The largest absolute Gasteiger partial charge is 0.300 e. The number of halogens is 1. The molecule has 3 atom stereocenters. The van der Waals surface area contributed by atoms with Gasteiger partial charge < -0.3 is 4.90 Å². The molecule has 0 aliphatic carbocycles. The van der Waals surface area contributed by atoms with Crippen molar-refractivity contribution in [2.75, 3.05) is 7.05 Å². The first-order valence-electron chi connectivity index (χ1n) is 9.23. The minimum absolute atomic E-state index is 0.456. The van der Waals surface area contributed by atoms with Crippen molar-refractivity contribution in [1.29, 1.82) is 0 Å². The molecule has 0 saturated carbocycles. The molecule has 2 fully saturated rings. The first-order valence-corrected chi connectivity index (χ1v) is 9.61. The Morgan fingerprint density at radius 1 is 0.958 bits per heavy atom. The second-order valence-electron chi connectivity index (χ2n) is 7.64. The van der Waals surface area contributed by atoms with Gasteiger partial charge in [0.25, 0.3) is 0 Å². The number of rotatable bonds is 4. The fourth-order valence-corrected chi connectivity index (χ4v) is 5.12. The predicted molar refractivity (Wildman–Crippen MR) is 102 cm³/mol. The second-order valence-corrected chi connectivity index (χ2v) is 8.08. The van der Waals surface area contributed by atoms with Crippen LogP contribution in [0.25, 0.3) is 0 Å². The van der Waals surface area contributed by atoms with Gasteiger partial charge in [-0.2, -0.15) is 0 Å². The summed E-state index contributed by atoms with van der Waals surface area (Å²) < 4.78 is 0. The van der Waals surface area contributed by atoms with Crippen LogP contribution in [0.2, 0.25) is 5.02 Å². The van der Waals surface area contributed by atoms with Crippen molar-refractivity contribution in [2.45, 2.75) is 50.1 Å². The lowest BCUT2D eigenvalue weighted by Gasteiger charge is -2.38. The van der Waals surface area contributed by atoms with Crippen molar-refractivity contribution < 1.29 is 0 Å². The van der Waals surface area contributed by atoms with Crippen molar-refractivity contribution >= 4 is 11.6 Å². The highest BCUT2D eigenvalue weighted by molar-refractivity contribution is 6.30. The highest BCUT2D eigenvalue weighted by Gasteiger charge is 2.39. The molecule has 1 nitrogen and oxygen atoms in total.